The molecule has 0 atom stereocenters. The van der Waals surface area contributed by atoms with Gasteiger partial charge in [-0.1, -0.05) is 58.6 Å². The molecule has 128 valence electrons. The Morgan fingerprint density at radius 3 is 1.78 bits per heavy atom. The summed E-state index contributed by atoms with van der Waals surface area (Å²) < 4.78 is 39.4. The van der Waals surface area contributed by atoms with Gasteiger partial charge in [-0.2, -0.15) is 13.2 Å². The van der Waals surface area contributed by atoms with Crippen molar-refractivity contribution in [3.63, 3.8) is 0 Å². The Balaban J connectivity index is 1.90. The van der Waals surface area contributed by atoms with Crippen LogP contribution in [0.5, 0.6) is 0 Å². The smallest absolute Gasteiger partial charge is 0.166 e. The maximum absolute atomic E-state index is 13.1. The molecule has 2 fully saturated rings. The molecule has 23 heavy (non-hydrogen) atoms. The molecule has 3 rings (SSSR count). The summed E-state index contributed by atoms with van der Waals surface area (Å²) in [5.74, 6) is 0. The summed E-state index contributed by atoms with van der Waals surface area (Å²) in [5, 5.41) is 1.01. The summed E-state index contributed by atoms with van der Waals surface area (Å²) in [6.07, 6.45) is 8.29. The normalized spacial score (nSPS) is 21.7. The van der Waals surface area contributed by atoms with Crippen LogP contribution in [-0.2, 0) is 6.18 Å². The highest BCUT2D eigenvalue weighted by Gasteiger charge is 2.35. The molecule has 0 saturated heterocycles. The summed E-state index contributed by atoms with van der Waals surface area (Å²) in [6, 6.07) is 6.29. The highest BCUT2D eigenvalue weighted by Crippen LogP contribution is 2.55. The zero-order valence-corrected chi connectivity index (χ0v) is 14.5. The van der Waals surface area contributed by atoms with Crippen molar-refractivity contribution in [1.29, 1.82) is 0 Å². The lowest BCUT2D eigenvalue weighted by atomic mass is 9.99. The van der Waals surface area contributed by atoms with Crippen molar-refractivity contribution in [3.05, 3.63) is 29.8 Å². The fraction of sp³-hybridized carbons (Fsp3) is 0.684. The lowest BCUT2D eigenvalue weighted by molar-refractivity contribution is -0.137. The van der Waals surface area contributed by atoms with E-state index in [-0.39, 0.29) is 0 Å². The maximum Gasteiger partial charge on any atom is 0.416 e. The molecule has 2 aliphatic carbocycles. The molecule has 2 aliphatic rings. The lowest BCUT2D eigenvalue weighted by Crippen LogP contribution is -2.26. The minimum absolute atomic E-state index is 0.455. The van der Waals surface area contributed by atoms with Gasteiger partial charge in [0.2, 0.25) is 0 Å². The van der Waals surface area contributed by atoms with Gasteiger partial charge < -0.3 is 0 Å². The quantitative estimate of drug-likeness (QED) is 0.552. The van der Waals surface area contributed by atoms with Gasteiger partial charge in [0.1, 0.15) is 0 Å². The third kappa shape index (κ3) is 4.29. The number of rotatable bonds is 3. The first-order valence-electron chi connectivity index (χ1n) is 9.01. The van der Waals surface area contributed by atoms with Gasteiger partial charge >= 0.3 is 6.18 Å². The third-order valence-corrected chi connectivity index (χ3v) is 8.89. The molecule has 0 spiro atoms. The summed E-state index contributed by atoms with van der Waals surface area (Å²) >= 11 is 0. The second kappa shape index (κ2) is 7.55. The van der Waals surface area contributed by atoms with Crippen LogP contribution in [0.15, 0.2) is 24.3 Å². The largest absolute Gasteiger partial charge is 0.416 e. The van der Waals surface area contributed by atoms with E-state index in [1.165, 1.54) is 76.3 Å². The molecule has 0 nitrogen and oxygen atoms in total. The molecular weight excluding hydrogens is 316 g/mol. The molecule has 0 amide bonds. The fourth-order valence-electron chi connectivity index (χ4n) is 4.28. The minimum atomic E-state index is -4.23. The van der Waals surface area contributed by atoms with Crippen molar-refractivity contribution in [1.82, 2.24) is 0 Å². The Morgan fingerprint density at radius 2 is 1.30 bits per heavy atom. The van der Waals surface area contributed by atoms with Gasteiger partial charge in [-0.15, -0.1) is 0 Å². The molecule has 0 bridgehead atoms. The summed E-state index contributed by atoms with van der Waals surface area (Å²) in [5.41, 5.74) is 0.824. The van der Waals surface area contributed by atoms with Crippen molar-refractivity contribution < 1.29 is 13.2 Å². The minimum Gasteiger partial charge on any atom is -0.166 e. The summed E-state index contributed by atoms with van der Waals surface area (Å²) in [4.78, 5) is 0. The first-order valence-corrected chi connectivity index (χ1v) is 10.5. The molecule has 1 aromatic rings. The van der Waals surface area contributed by atoms with Gasteiger partial charge in [0.25, 0.3) is 0 Å². The van der Waals surface area contributed by atoms with Crippen molar-refractivity contribution in [2.45, 2.75) is 81.7 Å². The Morgan fingerprint density at radius 1 is 0.783 bits per heavy atom. The number of alkyl halides is 3. The van der Waals surface area contributed by atoms with E-state index in [1.54, 1.807) is 6.07 Å². The van der Waals surface area contributed by atoms with Crippen LogP contribution in [0.25, 0.3) is 0 Å². The van der Waals surface area contributed by atoms with Crippen LogP contribution in [0.2, 0.25) is 0 Å². The van der Waals surface area contributed by atoms with Gasteiger partial charge in [-0.25, -0.2) is 0 Å². The van der Waals surface area contributed by atoms with Crippen LogP contribution in [0.1, 0.15) is 69.8 Å². The van der Waals surface area contributed by atoms with E-state index in [0.717, 1.165) is 5.30 Å². The van der Waals surface area contributed by atoms with Crippen LogP contribution < -0.4 is 5.30 Å². The standard InChI is InChI=1S/C19H26F3P/c20-19(21,22)15-8-7-13-18(14-15)23(16-9-3-1-4-10-16)17-11-5-2-6-12-17/h7-8,13-14,16-17H,1-6,9-12H2. The van der Waals surface area contributed by atoms with E-state index in [1.807, 2.05) is 6.07 Å². The van der Waals surface area contributed by atoms with Crippen LogP contribution in [0.3, 0.4) is 0 Å². The number of hydrogen-bond donors (Lipinski definition) is 0. The van der Waals surface area contributed by atoms with Crippen LogP contribution in [-0.4, -0.2) is 11.3 Å². The predicted octanol–water partition coefficient (Wildman–Crippen LogP) is 6.48. The van der Waals surface area contributed by atoms with Gasteiger partial charge in [0.15, 0.2) is 0 Å². The number of benzene rings is 1. The van der Waals surface area contributed by atoms with E-state index in [4.69, 9.17) is 0 Å². The highest BCUT2D eigenvalue weighted by atomic mass is 31.1. The van der Waals surface area contributed by atoms with Gasteiger partial charge in [-0.05, 0) is 54.4 Å². The first kappa shape index (κ1) is 17.3. The Kier molecular flexibility index (Phi) is 5.67. The zero-order valence-electron chi connectivity index (χ0n) is 13.6. The van der Waals surface area contributed by atoms with E-state index in [9.17, 15) is 13.2 Å². The highest BCUT2D eigenvalue weighted by molar-refractivity contribution is 7.67. The third-order valence-electron chi connectivity index (χ3n) is 5.41. The molecule has 1 aromatic carbocycles. The van der Waals surface area contributed by atoms with Crippen LogP contribution >= 0.6 is 7.92 Å². The van der Waals surface area contributed by atoms with Crippen LogP contribution in [0.4, 0.5) is 13.2 Å². The average Bonchev–Trinajstić information content (AvgIpc) is 2.57. The summed E-state index contributed by atoms with van der Waals surface area (Å²) in [7, 11) is -0.455. The average molecular weight is 342 g/mol. The molecular formula is C19H26F3P. The van der Waals surface area contributed by atoms with Gasteiger partial charge in [0.05, 0.1) is 5.56 Å². The van der Waals surface area contributed by atoms with E-state index in [0.29, 0.717) is 11.3 Å². The van der Waals surface area contributed by atoms with Gasteiger partial charge in [0, 0.05) is 0 Å². The van der Waals surface area contributed by atoms with E-state index < -0.39 is 19.7 Å². The molecule has 0 aliphatic heterocycles. The monoisotopic (exact) mass is 342 g/mol. The number of hydrogen-bond acceptors (Lipinski definition) is 0. The fourth-order valence-corrected chi connectivity index (χ4v) is 8.11. The van der Waals surface area contributed by atoms with Crippen molar-refractivity contribution >= 4 is 13.2 Å². The maximum atomic E-state index is 13.1. The first-order chi connectivity index (χ1) is 11.1. The van der Waals surface area contributed by atoms with Crippen LogP contribution in [0, 0.1) is 0 Å². The summed E-state index contributed by atoms with van der Waals surface area (Å²) in [6.45, 7) is 0. The molecule has 0 N–H and O–H groups in total. The van der Waals surface area contributed by atoms with E-state index >= 15 is 0 Å². The lowest BCUT2D eigenvalue weighted by Gasteiger charge is -2.39. The van der Waals surface area contributed by atoms with Crippen molar-refractivity contribution in [3.8, 4) is 0 Å². The second-order valence-corrected chi connectivity index (χ2v) is 9.83. The Hall–Kier alpha value is -0.560. The Labute approximate surface area is 138 Å². The predicted molar refractivity (Wildman–Crippen MR) is 91.7 cm³/mol. The second-order valence-electron chi connectivity index (χ2n) is 7.04. The van der Waals surface area contributed by atoms with E-state index in [2.05, 4.69) is 0 Å². The van der Waals surface area contributed by atoms with Crippen molar-refractivity contribution in [2.75, 3.05) is 0 Å². The zero-order chi connectivity index (χ0) is 16.3. The molecule has 0 unspecified atom stereocenters. The topological polar surface area (TPSA) is 0 Å². The Bertz CT molecular complexity index is 482. The molecule has 0 aromatic heterocycles. The SMILES string of the molecule is FC(F)(F)c1cccc(P(C2CCCCC2)C2CCCCC2)c1. The number of halogens is 3. The molecule has 0 radical (unpaired) electrons. The van der Waals surface area contributed by atoms with Crippen molar-refractivity contribution in [2.24, 2.45) is 0 Å². The molecule has 4 heteroatoms. The molecule has 2 saturated carbocycles. The van der Waals surface area contributed by atoms with Gasteiger partial charge in [-0.3, -0.25) is 0 Å². The molecule has 0 heterocycles.